The van der Waals surface area contributed by atoms with Crippen LogP contribution in [0.15, 0.2) is 40.2 Å². The van der Waals surface area contributed by atoms with Gasteiger partial charge in [-0.15, -0.1) is 11.3 Å². The van der Waals surface area contributed by atoms with Crippen LogP contribution in [0, 0.1) is 0 Å². The molecule has 1 unspecified atom stereocenters. The minimum Gasteiger partial charge on any atom is -0.133 e. The second-order valence-corrected chi connectivity index (χ2v) is 7.44. The molecule has 4 heteroatoms. The number of benzene rings is 1. The molecular formula is C13H11Br2ClS. The Morgan fingerprint density at radius 3 is 2.35 bits per heavy atom. The molecule has 1 aromatic heterocycles. The van der Waals surface area contributed by atoms with Gasteiger partial charge in [-0.3, -0.25) is 0 Å². The standard InChI is InChI=1S/C13H11Br2ClS/c14-8-10(7-12-5-6-13(15)17-12)9-1-3-11(16)4-2-9/h1-6,10H,7-8H2. The van der Waals surface area contributed by atoms with Crippen molar-refractivity contribution in [2.24, 2.45) is 0 Å². The van der Waals surface area contributed by atoms with Gasteiger partial charge in [-0.25, -0.2) is 0 Å². The van der Waals surface area contributed by atoms with Crippen LogP contribution < -0.4 is 0 Å². The molecule has 2 rings (SSSR count). The molecular weight excluding hydrogens is 383 g/mol. The lowest BCUT2D eigenvalue weighted by molar-refractivity contribution is 0.786. The smallest absolute Gasteiger partial charge is 0.0701 e. The predicted octanol–water partition coefficient (Wildman–Crippen LogP) is 5.89. The van der Waals surface area contributed by atoms with Crippen molar-refractivity contribution in [3.05, 3.63) is 55.6 Å². The van der Waals surface area contributed by atoms with E-state index in [0.717, 1.165) is 16.8 Å². The fourth-order valence-corrected chi connectivity index (χ4v) is 3.99. The van der Waals surface area contributed by atoms with Crippen molar-refractivity contribution in [2.75, 3.05) is 5.33 Å². The summed E-state index contributed by atoms with van der Waals surface area (Å²) >= 11 is 14.8. The van der Waals surface area contributed by atoms with E-state index in [4.69, 9.17) is 11.6 Å². The molecule has 0 N–H and O–H groups in total. The molecule has 0 nitrogen and oxygen atoms in total. The van der Waals surface area contributed by atoms with Crippen LogP contribution in [-0.2, 0) is 6.42 Å². The monoisotopic (exact) mass is 392 g/mol. The zero-order valence-corrected chi connectivity index (χ0v) is 13.7. The Labute approximate surface area is 127 Å². The Balaban J connectivity index is 2.13. The highest BCUT2D eigenvalue weighted by Crippen LogP contribution is 2.29. The topological polar surface area (TPSA) is 0 Å². The molecule has 0 radical (unpaired) electrons. The van der Waals surface area contributed by atoms with E-state index in [9.17, 15) is 0 Å². The molecule has 90 valence electrons. The number of halogens is 3. The Kier molecular flexibility index (Phi) is 5.10. The largest absolute Gasteiger partial charge is 0.133 e. The van der Waals surface area contributed by atoms with E-state index < -0.39 is 0 Å². The van der Waals surface area contributed by atoms with Crippen LogP contribution in [0.1, 0.15) is 16.4 Å². The van der Waals surface area contributed by atoms with Gasteiger partial charge in [0.2, 0.25) is 0 Å². The molecule has 2 aromatic rings. The average molecular weight is 395 g/mol. The first kappa shape index (κ1) is 13.6. The van der Waals surface area contributed by atoms with Crippen LogP contribution >= 0.6 is 54.8 Å². The molecule has 17 heavy (non-hydrogen) atoms. The third-order valence-corrected chi connectivity index (χ3v) is 5.28. The van der Waals surface area contributed by atoms with Gasteiger partial charge in [0.25, 0.3) is 0 Å². The highest BCUT2D eigenvalue weighted by atomic mass is 79.9. The molecule has 0 aliphatic heterocycles. The molecule has 0 saturated heterocycles. The quantitative estimate of drug-likeness (QED) is 0.568. The van der Waals surface area contributed by atoms with E-state index in [1.54, 1.807) is 11.3 Å². The van der Waals surface area contributed by atoms with Crippen molar-refractivity contribution in [1.29, 1.82) is 0 Å². The lowest BCUT2D eigenvalue weighted by atomic mass is 9.97. The highest BCUT2D eigenvalue weighted by Gasteiger charge is 2.12. The number of thiophene rings is 1. The summed E-state index contributed by atoms with van der Waals surface area (Å²) in [6.45, 7) is 0. The van der Waals surface area contributed by atoms with Crippen LogP contribution in [0.2, 0.25) is 5.02 Å². The van der Waals surface area contributed by atoms with Crippen molar-refractivity contribution in [3.63, 3.8) is 0 Å². The summed E-state index contributed by atoms with van der Waals surface area (Å²) in [4.78, 5) is 1.40. The van der Waals surface area contributed by atoms with E-state index in [2.05, 4.69) is 56.1 Å². The molecule has 0 aliphatic rings. The summed E-state index contributed by atoms with van der Waals surface area (Å²) < 4.78 is 1.19. The summed E-state index contributed by atoms with van der Waals surface area (Å²) in [7, 11) is 0. The minimum atomic E-state index is 0.498. The van der Waals surface area contributed by atoms with Gasteiger partial charge >= 0.3 is 0 Å². The summed E-state index contributed by atoms with van der Waals surface area (Å²) in [5.74, 6) is 0.498. The number of rotatable bonds is 4. The van der Waals surface area contributed by atoms with Crippen LogP contribution in [0.5, 0.6) is 0 Å². The first-order valence-electron chi connectivity index (χ1n) is 5.24. The third-order valence-electron chi connectivity index (χ3n) is 2.60. The Bertz CT molecular complexity index is 478. The number of alkyl halides is 1. The van der Waals surface area contributed by atoms with E-state index >= 15 is 0 Å². The average Bonchev–Trinajstić information content (AvgIpc) is 2.73. The van der Waals surface area contributed by atoms with Crippen molar-refractivity contribution in [3.8, 4) is 0 Å². The van der Waals surface area contributed by atoms with E-state index in [1.165, 1.54) is 14.2 Å². The molecule has 0 amide bonds. The highest BCUT2D eigenvalue weighted by molar-refractivity contribution is 9.11. The van der Waals surface area contributed by atoms with E-state index in [0.29, 0.717) is 5.92 Å². The Morgan fingerprint density at radius 2 is 1.82 bits per heavy atom. The zero-order valence-electron chi connectivity index (χ0n) is 9.00. The zero-order chi connectivity index (χ0) is 12.3. The minimum absolute atomic E-state index is 0.498. The molecule has 0 fully saturated rings. The maximum atomic E-state index is 5.91. The van der Waals surface area contributed by atoms with Gasteiger partial charge in [0.15, 0.2) is 0 Å². The second kappa shape index (κ2) is 6.37. The van der Waals surface area contributed by atoms with Crippen molar-refractivity contribution >= 4 is 54.8 Å². The van der Waals surface area contributed by atoms with Gasteiger partial charge < -0.3 is 0 Å². The lowest BCUT2D eigenvalue weighted by Crippen LogP contribution is -2.03. The maximum absolute atomic E-state index is 5.91. The fraction of sp³-hybridized carbons (Fsp3) is 0.231. The molecule has 0 spiro atoms. The molecule has 0 saturated carbocycles. The lowest BCUT2D eigenvalue weighted by Gasteiger charge is -2.13. The summed E-state index contributed by atoms with van der Waals surface area (Å²) in [5.41, 5.74) is 1.33. The van der Waals surface area contributed by atoms with Crippen LogP contribution in [0.4, 0.5) is 0 Å². The normalized spacial score (nSPS) is 12.6. The van der Waals surface area contributed by atoms with Gasteiger partial charge in [0.05, 0.1) is 3.79 Å². The Hall–Kier alpha value is 0.170. The third kappa shape index (κ3) is 3.82. The predicted molar refractivity (Wildman–Crippen MR) is 83.7 cm³/mol. The van der Waals surface area contributed by atoms with Crippen molar-refractivity contribution < 1.29 is 0 Å². The number of hydrogen-bond donors (Lipinski definition) is 0. The van der Waals surface area contributed by atoms with E-state index in [1.807, 2.05) is 12.1 Å². The summed E-state index contributed by atoms with van der Waals surface area (Å²) in [6, 6.07) is 12.4. The van der Waals surface area contributed by atoms with Crippen LogP contribution in [0.3, 0.4) is 0 Å². The fourth-order valence-electron chi connectivity index (χ4n) is 1.70. The van der Waals surface area contributed by atoms with Gasteiger partial charge in [0.1, 0.15) is 0 Å². The second-order valence-electron chi connectivity index (χ2n) is 3.81. The van der Waals surface area contributed by atoms with Gasteiger partial charge in [-0.2, -0.15) is 0 Å². The Morgan fingerprint density at radius 1 is 1.12 bits per heavy atom. The number of hydrogen-bond acceptors (Lipinski definition) is 1. The van der Waals surface area contributed by atoms with Gasteiger partial charge in [-0.1, -0.05) is 39.7 Å². The molecule has 0 aliphatic carbocycles. The molecule has 1 aromatic carbocycles. The molecule has 1 heterocycles. The molecule has 1 atom stereocenters. The SMILES string of the molecule is Clc1ccc(C(CBr)Cc2ccc(Br)s2)cc1. The van der Waals surface area contributed by atoms with Crippen molar-refractivity contribution in [2.45, 2.75) is 12.3 Å². The van der Waals surface area contributed by atoms with Gasteiger partial charge in [0, 0.05) is 15.2 Å². The van der Waals surface area contributed by atoms with E-state index in [-0.39, 0.29) is 0 Å². The first-order valence-corrected chi connectivity index (χ1v) is 8.35. The maximum Gasteiger partial charge on any atom is 0.0701 e. The summed E-state index contributed by atoms with van der Waals surface area (Å²) in [6.07, 6.45) is 1.06. The van der Waals surface area contributed by atoms with Gasteiger partial charge in [-0.05, 0) is 58.1 Å². The van der Waals surface area contributed by atoms with Crippen molar-refractivity contribution in [1.82, 2.24) is 0 Å². The summed E-state index contributed by atoms with van der Waals surface area (Å²) in [5, 5.41) is 1.75. The van der Waals surface area contributed by atoms with Crippen LogP contribution in [0.25, 0.3) is 0 Å². The van der Waals surface area contributed by atoms with Crippen LogP contribution in [-0.4, -0.2) is 5.33 Å². The molecule has 0 bridgehead atoms. The first-order chi connectivity index (χ1) is 8.19.